The van der Waals surface area contributed by atoms with E-state index in [-0.39, 0.29) is 18.2 Å². The van der Waals surface area contributed by atoms with Crippen molar-refractivity contribution in [2.75, 3.05) is 20.3 Å². The number of carbonyl (C=O) groups is 2. The van der Waals surface area contributed by atoms with Crippen LogP contribution in [-0.4, -0.2) is 43.0 Å². The van der Waals surface area contributed by atoms with E-state index in [0.29, 0.717) is 31.1 Å². The maximum Gasteiger partial charge on any atom is 0.243 e. The minimum atomic E-state index is -0.670. The van der Waals surface area contributed by atoms with E-state index in [9.17, 15) is 9.59 Å². The third kappa shape index (κ3) is 7.74. The van der Waals surface area contributed by atoms with Gasteiger partial charge in [-0.15, -0.1) is 0 Å². The van der Waals surface area contributed by atoms with E-state index in [0.717, 1.165) is 16.7 Å². The Hall–Kier alpha value is -3.15. The topological polar surface area (TPSA) is 58.6 Å². The summed E-state index contributed by atoms with van der Waals surface area (Å²) in [6.07, 6.45) is 0.624. The highest BCUT2D eigenvalue weighted by molar-refractivity contribution is 6.30. The Morgan fingerprint density at radius 2 is 1.48 bits per heavy atom. The number of halogens is 1. The summed E-state index contributed by atoms with van der Waals surface area (Å²) in [5, 5.41) is 3.54. The summed E-state index contributed by atoms with van der Waals surface area (Å²) in [4.78, 5) is 28.5. The predicted octanol–water partition coefficient (Wildman–Crippen LogP) is 4.29. The van der Waals surface area contributed by atoms with Crippen LogP contribution in [0.3, 0.4) is 0 Å². The van der Waals surface area contributed by atoms with Gasteiger partial charge in [-0.3, -0.25) is 9.59 Å². The zero-order valence-corrected chi connectivity index (χ0v) is 19.5. The molecule has 0 saturated carbocycles. The summed E-state index contributed by atoms with van der Waals surface area (Å²) in [5.74, 6) is -0.315. The normalized spacial score (nSPS) is 11.6. The third-order valence-corrected chi connectivity index (χ3v) is 5.59. The first-order valence-corrected chi connectivity index (χ1v) is 11.3. The molecule has 3 aromatic carbocycles. The largest absolute Gasteiger partial charge is 0.383 e. The van der Waals surface area contributed by atoms with Gasteiger partial charge >= 0.3 is 0 Å². The van der Waals surface area contributed by atoms with Crippen molar-refractivity contribution in [1.82, 2.24) is 10.2 Å². The first kappa shape index (κ1) is 24.5. The number of hydrogen-bond donors (Lipinski definition) is 1. The predicted molar refractivity (Wildman–Crippen MR) is 131 cm³/mol. The fourth-order valence-electron chi connectivity index (χ4n) is 3.61. The summed E-state index contributed by atoms with van der Waals surface area (Å²) >= 11 is 6.05. The van der Waals surface area contributed by atoms with Gasteiger partial charge in [0.1, 0.15) is 6.04 Å². The summed E-state index contributed by atoms with van der Waals surface area (Å²) in [6, 6.07) is 26.0. The Balaban J connectivity index is 1.91. The van der Waals surface area contributed by atoms with Crippen LogP contribution in [0.15, 0.2) is 84.9 Å². The molecule has 6 heteroatoms. The van der Waals surface area contributed by atoms with Crippen LogP contribution in [0, 0.1) is 0 Å². The molecule has 0 fully saturated rings. The van der Waals surface area contributed by atoms with Crippen molar-refractivity contribution in [2.24, 2.45) is 0 Å². The van der Waals surface area contributed by atoms with Crippen LogP contribution in [0.5, 0.6) is 0 Å². The van der Waals surface area contributed by atoms with Crippen molar-refractivity contribution in [2.45, 2.75) is 25.4 Å². The number of rotatable bonds is 11. The molecule has 33 heavy (non-hydrogen) atoms. The second-order valence-electron chi connectivity index (χ2n) is 7.80. The van der Waals surface area contributed by atoms with Crippen molar-refractivity contribution >= 4 is 23.4 Å². The summed E-state index contributed by atoms with van der Waals surface area (Å²) < 4.78 is 5.08. The van der Waals surface area contributed by atoms with E-state index in [1.807, 2.05) is 72.8 Å². The number of hydrogen-bond acceptors (Lipinski definition) is 3. The average molecular weight is 465 g/mol. The van der Waals surface area contributed by atoms with Crippen LogP contribution >= 0.6 is 11.6 Å². The zero-order valence-electron chi connectivity index (χ0n) is 18.7. The third-order valence-electron chi connectivity index (χ3n) is 5.34. The lowest BCUT2D eigenvalue weighted by molar-refractivity contribution is -0.140. The molecule has 0 saturated heterocycles. The van der Waals surface area contributed by atoms with Crippen LogP contribution in [0.2, 0.25) is 5.02 Å². The lowest BCUT2D eigenvalue weighted by atomic mass is 10.0. The molecule has 0 aliphatic carbocycles. The summed E-state index contributed by atoms with van der Waals surface area (Å²) in [5.41, 5.74) is 2.79. The minimum absolute atomic E-state index is 0.112. The number of methoxy groups -OCH3 is 1. The number of amides is 2. The molecular formula is C27H29ClN2O3. The molecule has 2 amide bonds. The minimum Gasteiger partial charge on any atom is -0.383 e. The number of nitrogens with zero attached hydrogens (tertiary/aromatic N) is 1. The first-order chi connectivity index (χ1) is 16.1. The van der Waals surface area contributed by atoms with Gasteiger partial charge in [-0.05, 0) is 28.8 Å². The standard InChI is InChI=1S/C27H29ClN2O3/c1-33-17-16-29-27(32)25(18-21-8-4-2-5-9-21)30(20-23-12-14-24(28)15-13-23)26(31)19-22-10-6-3-7-11-22/h2-15,25H,16-20H2,1H3,(H,29,32). The highest BCUT2D eigenvalue weighted by atomic mass is 35.5. The van der Waals surface area contributed by atoms with Gasteiger partial charge < -0.3 is 15.0 Å². The monoisotopic (exact) mass is 464 g/mol. The Morgan fingerprint density at radius 3 is 2.09 bits per heavy atom. The Morgan fingerprint density at radius 1 is 0.879 bits per heavy atom. The van der Waals surface area contributed by atoms with Crippen LogP contribution in [-0.2, 0) is 33.7 Å². The van der Waals surface area contributed by atoms with E-state index >= 15 is 0 Å². The van der Waals surface area contributed by atoms with E-state index in [4.69, 9.17) is 16.3 Å². The van der Waals surface area contributed by atoms with E-state index < -0.39 is 6.04 Å². The summed E-state index contributed by atoms with van der Waals surface area (Å²) in [6.45, 7) is 1.08. The van der Waals surface area contributed by atoms with Gasteiger partial charge in [0.2, 0.25) is 11.8 Å². The fraction of sp³-hybridized carbons (Fsp3) is 0.259. The highest BCUT2D eigenvalue weighted by Crippen LogP contribution is 2.18. The smallest absolute Gasteiger partial charge is 0.243 e. The van der Waals surface area contributed by atoms with Crippen LogP contribution < -0.4 is 5.32 Å². The number of ether oxygens (including phenoxy) is 1. The van der Waals surface area contributed by atoms with Crippen molar-refractivity contribution in [3.8, 4) is 0 Å². The van der Waals surface area contributed by atoms with E-state index in [1.54, 1.807) is 24.1 Å². The second kappa shape index (κ2) is 12.8. The van der Waals surface area contributed by atoms with Crippen LogP contribution in [0.4, 0.5) is 0 Å². The van der Waals surface area contributed by atoms with E-state index in [1.165, 1.54) is 0 Å². The quantitative estimate of drug-likeness (QED) is 0.431. The molecule has 3 rings (SSSR count). The lowest BCUT2D eigenvalue weighted by Crippen LogP contribution is -2.51. The molecule has 172 valence electrons. The fourth-order valence-corrected chi connectivity index (χ4v) is 3.73. The van der Waals surface area contributed by atoms with Crippen molar-refractivity contribution in [3.63, 3.8) is 0 Å². The zero-order chi connectivity index (χ0) is 23.5. The van der Waals surface area contributed by atoms with Crippen LogP contribution in [0.1, 0.15) is 16.7 Å². The van der Waals surface area contributed by atoms with Gasteiger partial charge in [-0.25, -0.2) is 0 Å². The molecule has 3 aromatic rings. The van der Waals surface area contributed by atoms with E-state index in [2.05, 4.69) is 5.32 Å². The molecule has 0 aliphatic rings. The first-order valence-electron chi connectivity index (χ1n) is 10.9. The molecule has 0 spiro atoms. The average Bonchev–Trinajstić information content (AvgIpc) is 2.84. The SMILES string of the molecule is COCCNC(=O)C(Cc1ccccc1)N(Cc1ccc(Cl)cc1)C(=O)Cc1ccccc1. The number of nitrogens with one attached hydrogen (secondary N) is 1. The molecule has 0 radical (unpaired) electrons. The van der Waals surface area contributed by atoms with Gasteiger partial charge in [0.25, 0.3) is 0 Å². The van der Waals surface area contributed by atoms with Crippen LogP contribution in [0.25, 0.3) is 0 Å². The van der Waals surface area contributed by atoms with Crippen molar-refractivity contribution in [3.05, 3.63) is 107 Å². The molecule has 0 aromatic heterocycles. The molecule has 0 aliphatic heterocycles. The molecular weight excluding hydrogens is 436 g/mol. The molecule has 1 atom stereocenters. The van der Waals surface area contributed by atoms with Crippen molar-refractivity contribution in [1.29, 1.82) is 0 Å². The van der Waals surface area contributed by atoms with Gasteiger partial charge in [0, 0.05) is 31.6 Å². The lowest BCUT2D eigenvalue weighted by Gasteiger charge is -2.31. The highest BCUT2D eigenvalue weighted by Gasteiger charge is 2.30. The Bertz CT molecular complexity index is 1010. The summed E-state index contributed by atoms with van der Waals surface area (Å²) in [7, 11) is 1.59. The second-order valence-corrected chi connectivity index (χ2v) is 8.24. The van der Waals surface area contributed by atoms with Gasteiger partial charge in [-0.2, -0.15) is 0 Å². The molecule has 5 nitrogen and oxygen atoms in total. The maximum absolute atomic E-state index is 13.5. The Labute approximate surface area is 200 Å². The van der Waals surface area contributed by atoms with Gasteiger partial charge in [0.05, 0.1) is 13.0 Å². The van der Waals surface area contributed by atoms with Crippen molar-refractivity contribution < 1.29 is 14.3 Å². The molecule has 1 unspecified atom stereocenters. The van der Waals surface area contributed by atoms with Gasteiger partial charge in [0.15, 0.2) is 0 Å². The molecule has 1 N–H and O–H groups in total. The van der Waals surface area contributed by atoms with Gasteiger partial charge in [-0.1, -0.05) is 84.4 Å². The maximum atomic E-state index is 13.5. The Kier molecular flexibility index (Phi) is 9.48. The molecule has 0 bridgehead atoms. The number of benzene rings is 3. The number of carbonyl (C=O) groups excluding carboxylic acids is 2. The molecule has 0 heterocycles.